The van der Waals surface area contributed by atoms with Crippen molar-refractivity contribution in [2.75, 3.05) is 6.54 Å². The van der Waals surface area contributed by atoms with Gasteiger partial charge in [-0.15, -0.1) is 5.10 Å². The third kappa shape index (κ3) is 2.10. The predicted molar refractivity (Wildman–Crippen MR) is 61.4 cm³/mol. The van der Waals surface area contributed by atoms with E-state index in [0.717, 1.165) is 32.2 Å². The highest BCUT2D eigenvalue weighted by Crippen LogP contribution is 2.44. The van der Waals surface area contributed by atoms with Crippen molar-refractivity contribution in [3.05, 3.63) is 6.33 Å². The summed E-state index contributed by atoms with van der Waals surface area (Å²) in [5.41, 5.74) is -0.596. The molecule has 7 heteroatoms. The maximum Gasteiger partial charge on any atom is 0.224 e. The first-order chi connectivity index (χ1) is 8.69. The molecule has 3 rings (SSSR count). The number of aromatic nitrogens is 4. The van der Waals surface area contributed by atoms with Gasteiger partial charge in [0.25, 0.3) is 0 Å². The van der Waals surface area contributed by atoms with Crippen molar-refractivity contribution >= 4 is 5.91 Å². The second kappa shape index (κ2) is 4.31. The molecule has 1 amide bonds. The largest absolute Gasteiger partial charge is 0.388 e. The summed E-state index contributed by atoms with van der Waals surface area (Å²) in [7, 11) is 0. The molecule has 1 unspecified atom stereocenters. The summed E-state index contributed by atoms with van der Waals surface area (Å²) in [6, 6.07) is 0.0267. The van der Waals surface area contributed by atoms with E-state index in [2.05, 4.69) is 15.5 Å². The Morgan fingerprint density at radius 1 is 1.50 bits per heavy atom. The van der Waals surface area contributed by atoms with Crippen molar-refractivity contribution in [1.82, 2.24) is 25.1 Å². The number of nitrogens with zero attached hydrogens (tertiary/aromatic N) is 5. The summed E-state index contributed by atoms with van der Waals surface area (Å²) in [6.07, 6.45) is 5.46. The molecular formula is C11H17N5O2. The molecule has 1 aliphatic carbocycles. The van der Waals surface area contributed by atoms with Gasteiger partial charge in [0.15, 0.2) is 0 Å². The van der Waals surface area contributed by atoms with E-state index in [1.54, 1.807) is 4.68 Å². The topological polar surface area (TPSA) is 84.1 Å². The highest BCUT2D eigenvalue weighted by atomic mass is 16.3. The zero-order chi connectivity index (χ0) is 12.6. The van der Waals surface area contributed by atoms with Crippen LogP contribution in [-0.4, -0.2) is 54.3 Å². The van der Waals surface area contributed by atoms with Crippen molar-refractivity contribution in [2.24, 2.45) is 0 Å². The number of amides is 1. The van der Waals surface area contributed by atoms with E-state index in [1.165, 1.54) is 6.33 Å². The van der Waals surface area contributed by atoms with E-state index < -0.39 is 5.60 Å². The van der Waals surface area contributed by atoms with Crippen LogP contribution in [-0.2, 0) is 11.3 Å². The maximum atomic E-state index is 12.2. The number of hydrogen-bond donors (Lipinski definition) is 1. The molecule has 18 heavy (non-hydrogen) atoms. The second-order valence-electron chi connectivity index (χ2n) is 5.17. The van der Waals surface area contributed by atoms with Gasteiger partial charge in [-0.05, 0) is 36.1 Å². The Morgan fingerprint density at radius 2 is 2.33 bits per heavy atom. The first-order valence-electron chi connectivity index (χ1n) is 6.42. The summed E-state index contributed by atoms with van der Waals surface area (Å²) < 4.78 is 1.55. The van der Waals surface area contributed by atoms with E-state index in [1.807, 2.05) is 4.90 Å². The first-order valence-corrected chi connectivity index (χ1v) is 6.42. The van der Waals surface area contributed by atoms with Crippen molar-refractivity contribution in [3.8, 4) is 0 Å². The molecule has 98 valence electrons. The highest BCUT2D eigenvalue weighted by Gasteiger charge is 2.52. The van der Waals surface area contributed by atoms with Crippen LogP contribution >= 0.6 is 0 Å². The lowest BCUT2D eigenvalue weighted by atomic mass is 10.1. The molecule has 1 saturated carbocycles. The van der Waals surface area contributed by atoms with E-state index in [9.17, 15) is 9.90 Å². The fourth-order valence-electron chi connectivity index (χ4n) is 2.72. The molecule has 2 aliphatic rings. The normalized spacial score (nSPS) is 25.4. The van der Waals surface area contributed by atoms with Crippen LogP contribution in [0.15, 0.2) is 6.33 Å². The molecule has 0 radical (unpaired) electrons. The number of hydrogen-bond acceptors (Lipinski definition) is 5. The van der Waals surface area contributed by atoms with Crippen molar-refractivity contribution in [1.29, 1.82) is 0 Å². The molecule has 2 heterocycles. The zero-order valence-electron chi connectivity index (χ0n) is 10.2. The lowest BCUT2D eigenvalue weighted by molar-refractivity contribution is -0.135. The number of aryl methyl sites for hydroxylation is 1. The van der Waals surface area contributed by atoms with Crippen molar-refractivity contribution in [2.45, 2.75) is 50.3 Å². The van der Waals surface area contributed by atoms with Gasteiger partial charge >= 0.3 is 0 Å². The minimum Gasteiger partial charge on any atom is -0.388 e. The van der Waals surface area contributed by atoms with Gasteiger partial charge in [-0.2, -0.15) is 0 Å². The van der Waals surface area contributed by atoms with Crippen molar-refractivity contribution < 1.29 is 9.90 Å². The SMILES string of the molecule is O=C(CCn1cnnn1)N1CCCC1C1(O)CC1. The highest BCUT2D eigenvalue weighted by molar-refractivity contribution is 5.77. The smallest absolute Gasteiger partial charge is 0.224 e. The molecule has 1 aromatic heterocycles. The van der Waals surface area contributed by atoms with Gasteiger partial charge in [-0.25, -0.2) is 4.68 Å². The third-order valence-corrected chi connectivity index (χ3v) is 3.90. The first kappa shape index (κ1) is 11.6. The Balaban J connectivity index is 1.58. The molecule has 1 N–H and O–H groups in total. The summed E-state index contributed by atoms with van der Waals surface area (Å²) in [5.74, 6) is 0.0910. The van der Waals surface area contributed by atoms with Gasteiger partial charge in [0.05, 0.1) is 18.2 Å². The summed E-state index contributed by atoms with van der Waals surface area (Å²) in [4.78, 5) is 14.0. The van der Waals surface area contributed by atoms with Gasteiger partial charge in [-0.1, -0.05) is 0 Å². The fourth-order valence-corrected chi connectivity index (χ4v) is 2.72. The lowest BCUT2D eigenvalue weighted by Gasteiger charge is -2.28. The number of tetrazole rings is 1. The molecule has 2 fully saturated rings. The van der Waals surface area contributed by atoms with Gasteiger partial charge in [-0.3, -0.25) is 4.79 Å². The van der Waals surface area contributed by atoms with Crippen LogP contribution in [0, 0.1) is 0 Å². The van der Waals surface area contributed by atoms with Gasteiger partial charge in [0.1, 0.15) is 6.33 Å². The Bertz CT molecular complexity index is 429. The summed E-state index contributed by atoms with van der Waals surface area (Å²) in [5, 5.41) is 21.0. The van der Waals surface area contributed by atoms with Gasteiger partial charge in [0, 0.05) is 13.0 Å². The molecule has 1 aromatic rings. The molecule has 1 saturated heterocycles. The van der Waals surface area contributed by atoms with E-state index in [-0.39, 0.29) is 11.9 Å². The Morgan fingerprint density at radius 3 is 3.00 bits per heavy atom. The fraction of sp³-hybridized carbons (Fsp3) is 0.818. The predicted octanol–water partition coefficient (Wildman–Crippen LogP) is -0.421. The van der Waals surface area contributed by atoms with E-state index in [0.29, 0.717) is 13.0 Å². The molecule has 1 aliphatic heterocycles. The Kier molecular flexibility index (Phi) is 2.77. The molecule has 1 atom stereocenters. The second-order valence-corrected chi connectivity index (χ2v) is 5.17. The van der Waals surface area contributed by atoms with Crippen LogP contribution in [0.2, 0.25) is 0 Å². The standard InChI is InChI=1S/C11H17N5O2/c17-10(3-7-15-8-12-13-14-15)16-6-1-2-9(16)11(18)4-5-11/h8-9,18H,1-7H2. The van der Waals surface area contributed by atoms with Gasteiger partial charge < -0.3 is 10.0 Å². The number of likely N-dealkylation sites (tertiary alicyclic amines) is 1. The molecular weight excluding hydrogens is 234 g/mol. The molecule has 7 nitrogen and oxygen atoms in total. The van der Waals surface area contributed by atoms with Crippen LogP contribution in [0.3, 0.4) is 0 Å². The Hall–Kier alpha value is -1.50. The molecule has 0 spiro atoms. The number of aliphatic hydroxyl groups is 1. The van der Waals surface area contributed by atoms with Crippen LogP contribution in [0.5, 0.6) is 0 Å². The average Bonchev–Trinajstić information content (AvgIpc) is 2.88. The van der Waals surface area contributed by atoms with Crippen molar-refractivity contribution in [3.63, 3.8) is 0 Å². The number of carbonyl (C=O) groups is 1. The summed E-state index contributed by atoms with van der Waals surface area (Å²) in [6.45, 7) is 1.26. The summed E-state index contributed by atoms with van der Waals surface area (Å²) >= 11 is 0. The van der Waals surface area contributed by atoms with E-state index >= 15 is 0 Å². The van der Waals surface area contributed by atoms with Crippen LogP contribution in [0.1, 0.15) is 32.1 Å². The van der Waals surface area contributed by atoms with Crippen LogP contribution < -0.4 is 0 Å². The lowest BCUT2D eigenvalue weighted by Crippen LogP contribution is -2.44. The number of rotatable bonds is 4. The quantitative estimate of drug-likeness (QED) is 0.785. The monoisotopic (exact) mass is 251 g/mol. The van der Waals surface area contributed by atoms with Crippen LogP contribution in [0.25, 0.3) is 0 Å². The Labute approximate surface area is 105 Å². The number of carbonyl (C=O) groups excluding carboxylic acids is 1. The third-order valence-electron chi connectivity index (χ3n) is 3.90. The zero-order valence-corrected chi connectivity index (χ0v) is 10.2. The molecule has 0 aromatic carbocycles. The maximum absolute atomic E-state index is 12.2. The van der Waals surface area contributed by atoms with Gasteiger partial charge in [0.2, 0.25) is 5.91 Å². The minimum atomic E-state index is -0.596. The minimum absolute atomic E-state index is 0.0267. The van der Waals surface area contributed by atoms with Crippen LogP contribution in [0.4, 0.5) is 0 Å². The molecule has 0 bridgehead atoms. The average molecular weight is 251 g/mol. The van der Waals surface area contributed by atoms with E-state index in [4.69, 9.17) is 0 Å².